The molecule has 0 bridgehead atoms. The molecule has 4 rings (SSSR count). The van der Waals surface area contributed by atoms with Gasteiger partial charge in [-0.1, -0.05) is 23.7 Å². The summed E-state index contributed by atoms with van der Waals surface area (Å²) in [7, 11) is 0. The van der Waals surface area contributed by atoms with Crippen LogP contribution in [0.4, 0.5) is 23.7 Å². The molecule has 210 valence electrons. The number of rotatable bonds is 5. The molecule has 2 aromatic rings. The Hall–Kier alpha value is -2.92. The Balaban J connectivity index is 1.66. The fourth-order valence-electron chi connectivity index (χ4n) is 4.42. The van der Waals surface area contributed by atoms with Crippen LogP contribution >= 0.6 is 23.4 Å². The minimum absolute atomic E-state index is 0.0393. The number of anilines is 1. The molecule has 2 aromatic carbocycles. The zero-order valence-electron chi connectivity index (χ0n) is 21.7. The molecule has 39 heavy (non-hydrogen) atoms. The van der Waals surface area contributed by atoms with E-state index >= 15 is 4.39 Å². The smallest absolute Gasteiger partial charge is 0.408 e. The molecular weight excluding hydrogens is 555 g/mol. The maximum absolute atomic E-state index is 15.1. The predicted molar refractivity (Wildman–Crippen MR) is 143 cm³/mol. The highest BCUT2D eigenvalue weighted by atomic mass is 35.5. The fourth-order valence-corrected chi connectivity index (χ4v) is 5.62. The summed E-state index contributed by atoms with van der Waals surface area (Å²) in [6.45, 7) is 5.13. The number of fused-ring (bicyclic) bond motifs is 1. The summed E-state index contributed by atoms with van der Waals surface area (Å²) < 4.78 is 47.7. The Bertz CT molecular complexity index is 1270. The van der Waals surface area contributed by atoms with E-state index in [0.29, 0.717) is 15.5 Å². The highest BCUT2D eigenvalue weighted by molar-refractivity contribution is 7.99. The number of amides is 3. The average molecular weight is 584 g/mol. The number of hydrogen-bond donors (Lipinski definition) is 2. The third kappa shape index (κ3) is 7.39. The van der Waals surface area contributed by atoms with Crippen molar-refractivity contribution in [1.82, 2.24) is 10.6 Å². The van der Waals surface area contributed by atoms with Gasteiger partial charge in [-0.2, -0.15) is 0 Å². The Morgan fingerprint density at radius 3 is 2.49 bits per heavy atom. The summed E-state index contributed by atoms with van der Waals surface area (Å²) in [5.41, 5.74) is -0.190. The number of nitrogens with zero attached hydrogens (tertiary/aromatic N) is 1. The number of alkyl carbamates (subject to hydrolysis) is 1. The number of thioether (sulfide) groups is 1. The molecule has 2 aliphatic rings. The lowest BCUT2D eigenvalue weighted by molar-refractivity contribution is -0.120. The van der Waals surface area contributed by atoms with Crippen molar-refractivity contribution in [3.05, 3.63) is 58.4 Å². The average Bonchev–Trinajstić information content (AvgIpc) is 3.12. The third-order valence-electron chi connectivity index (χ3n) is 6.24. The number of benzene rings is 2. The van der Waals surface area contributed by atoms with Crippen molar-refractivity contribution >= 4 is 47.0 Å². The van der Waals surface area contributed by atoms with Gasteiger partial charge < -0.3 is 20.3 Å². The molecule has 3 amide bonds. The molecule has 2 N–H and O–H groups in total. The zero-order chi connectivity index (χ0) is 28.5. The fraction of sp³-hybridized carbons (Fsp3) is 0.444. The van der Waals surface area contributed by atoms with Crippen molar-refractivity contribution in [3.63, 3.8) is 0 Å². The van der Waals surface area contributed by atoms with Gasteiger partial charge in [0.25, 0.3) is 11.8 Å². The number of nitrogens with one attached hydrogen (secondary N) is 2. The predicted octanol–water partition coefficient (Wildman–Crippen LogP) is 5.93. The third-order valence-corrected chi connectivity index (χ3v) is 7.63. The van der Waals surface area contributed by atoms with Crippen molar-refractivity contribution in [2.75, 3.05) is 10.7 Å². The van der Waals surface area contributed by atoms with Crippen molar-refractivity contribution in [2.24, 2.45) is 0 Å². The number of carbonyl (C=O) groups is 3. The van der Waals surface area contributed by atoms with Gasteiger partial charge in [-0.25, -0.2) is 18.0 Å². The van der Waals surface area contributed by atoms with E-state index in [4.69, 9.17) is 16.3 Å². The maximum atomic E-state index is 15.1. The number of alkyl halides is 2. The van der Waals surface area contributed by atoms with E-state index in [9.17, 15) is 23.2 Å². The van der Waals surface area contributed by atoms with Gasteiger partial charge in [0.2, 0.25) is 5.92 Å². The Labute approximate surface area is 233 Å². The Morgan fingerprint density at radius 1 is 1.18 bits per heavy atom. The van der Waals surface area contributed by atoms with Crippen molar-refractivity contribution in [2.45, 2.75) is 75.1 Å². The van der Waals surface area contributed by atoms with Crippen LogP contribution in [0.15, 0.2) is 41.3 Å². The van der Waals surface area contributed by atoms with E-state index in [1.165, 1.54) is 11.0 Å². The van der Waals surface area contributed by atoms with Crippen LogP contribution in [0, 0.1) is 5.82 Å². The maximum Gasteiger partial charge on any atom is 0.408 e. The Morgan fingerprint density at radius 2 is 1.87 bits per heavy atom. The molecule has 12 heteroatoms. The lowest BCUT2D eigenvalue weighted by atomic mass is 10.1. The zero-order valence-corrected chi connectivity index (χ0v) is 23.2. The van der Waals surface area contributed by atoms with Gasteiger partial charge in [-0.15, -0.1) is 11.8 Å². The summed E-state index contributed by atoms with van der Waals surface area (Å²) >= 11 is 7.15. The molecule has 0 spiro atoms. The summed E-state index contributed by atoms with van der Waals surface area (Å²) in [5, 5.41) is 5.59. The van der Waals surface area contributed by atoms with E-state index in [0.717, 1.165) is 17.8 Å². The van der Waals surface area contributed by atoms with Crippen LogP contribution in [0.1, 0.15) is 56.0 Å². The van der Waals surface area contributed by atoms with Crippen LogP contribution in [0.25, 0.3) is 0 Å². The first-order valence-corrected chi connectivity index (χ1v) is 13.8. The largest absolute Gasteiger partial charge is 0.444 e. The molecule has 0 unspecified atom stereocenters. The van der Waals surface area contributed by atoms with E-state index in [2.05, 4.69) is 10.6 Å². The molecule has 0 saturated heterocycles. The number of carbonyl (C=O) groups excluding carboxylic acids is 3. The second kappa shape index (κ2) is 11.3. The second-order valence-corrected chi connectivity index (χ2v) is 12.1. The molecule has 1 heterocycles. The summed E-state index contributed by atoms with van der Waals surface area (Å²) in [4.78, 5) is 40.9. The molecule has 7 nitrogen and oxygen atoms in total. The number of hydrogen-bond acceptors (Lipinski definition) is 5. The first kappa shape index (κ1) is 29.1. The first-order valence-electron chi connectivity index (χ1n) is 12.4. The van der Waals surface area contributed by atoms with Crippen molar-refractivity contribution in [1.29, 1.82) is 0 Å². The van der Waals surface area contributed by atoms with Crippen LogP contribution in [0.2, 0.25) is 5.02 Å². The van der Waals surface area contributed by atoms with Crippen molar-refractivity contribution in [3.8, 4) is 0 Å². The van der Waals surface area contributed by atoms with Gasteiger partial charge in [0.15, 0.2) is 0 Å². The van der Waals surface area contributed by atoms with Crippen molar-refractivity contribution < 1.29 is 32.3 Å². The van der Waals surface area contributed by atoms with Gasteiger partial charge in [0, 0.05) is 34.6 Å². The summed E-state index contributed by atoms with van der Waals surface area (Å²) in [6.07, 6.45) is -1.56. The second-order valence-electron chi connectivity index (χ2n) is 10.6. The topological polar surface area (TPSA) is 87.7 Å². The normalized spacial score (nSPS) is 20.7. The van der Waals surface area contributed by atoms with Gasteiger partial charge in [-0.3, -0.25) is 9.59 Å². The highest BCUT2D eigenvalue weighted by Gasteiger charge is 2.40. The van der Waals surface area contributed by atoms with E-state index in [1.54, 1.807) is 45.0 Å². The first-order chi connectivity index (χ1) is 18.2. The van der Waals surface area contributed by atoms with Crippen LogP contribution in [0.3, 0.4) is 0 Å². The molecule has 2 atom stereocenters. The van der Waals surface area contributed by atoms with Gasteiger partial charge in [-0.05, 0) is 57.0 Å². The number of halogens is 4. The highest BCUT2D eigenvalue weighted by Crippen LogP contribution is 2.38. The molecule has 0 aromatic heterocycles. The van der Waals surface area contributed by atoms with Gasteiger partial charge >= 0.3 is 6.09 Å². The molecule has 1 fully saturated rings. The minimum atomic E-state index is -2.88. The van der Waals surface area contributed by atoms with E-state index in [1.807, 2.05) is 0 Å². The minimum Gasteiger partial charge on any atom is -0.444 e. The quantitative estimate of drug-likeness (QED) is 0.456. The van der Waals surface area contributed by atoms with Crippen LogP contribution in [-0.2, 0) is 16.1 Å². The van der Waals surface area contributed by atoms with E-state index in [-0.39, 0.29) is 36.4 Å². The molecular formula is C27H29ClF3N3O4S. The molecule has 1 aliphatic carbocycles. The molecule has 1 aliphatic heterocycles. The van der Waals surface area contributed by atoms with Crippen LogP contribution in [-0.4, -0.2) is 47.3 Å². The number of ether oxygens (including phenoxy) is 1. The van der Waals surface area contributed by atoms with Crippen LogP contribution < -0.4 is 15.5 Å². The lowest BCUT2D eigenvalue weighted by Crippen LogP contribution is -2.50. The van der Waals surface area contributed by atoms with E-state index < -0.39 is 53.8 Å². The summed E-state index contributed by atoms with van der Waals surface area (Å²) in [6, 6.07) is 7.38. The van der Waals surface area contributed by atoms with Gasteiger partial charge in [0.05, 0.1) is 17.8 Å². The standard InChI is InChI=1S/C27H29ClF3N3O4S/c1-26(2,3)38-25(37)33-20-14-39-22-11-19(29)18(23(35)32-17-8-9-27(30,31)12-17)10-21(22)34(24(20)36)13-15-4-6-16(28)7-5-15/h4-7,10-11,17,20H,8-9,12-14H2,1-3H3,(H,32,35)(H,33,37)/t17-,20-/m0/s1. The Kier molecular flexibility index (Phi) is 8.41. The molecule has 0 radical (unpaired) electrons. The SMILES string of the molecule is CC(C)(C)OC(=O)N[C@H]1CSc2cc(F)c(C(=O)N[C@H]3CCC(F)(F)C3)cc2N(Cc2ccc(Cl)cc2)C1=O. The van der Waals surface area contributed by atoms with Gasteiger partial charge in [0.1, 0.15) is 17.5 Å². The molecule has 1 saturated carbocycles. The summed E-state index contributed by atoms with van der Waals surface area (Å²) in [5.74, 6) is -4.96. The lowest BCUT2D eigenvalue weighted by Gasteiger charge is -2.27. The van der Waals surface area contributed by atoms with Crippen LogP contribution in [0.5, 0.6) is 0 Å². The monoisotopic (exact) mass is 583 g/mol.